The molecule has 2 saturated carbocycles. The van der Waals surface area contributed by atoms with Crippen LogP contribution in [0.3, 0.4) is 0 Å². The Bertz CT molecular complexity index is 276. The Labute approximate surface area is 114 Å². The summed E-state index contributed by atoms with van der Waals surface area (Å²) < 4.78 is 0. The molecule has 0 heterocycles. The minimum atomic E-state index is 0.520. The molecule has 0 radical (unpaired) electrons. The third-order valence-electron chi connectivity index (χ3n) is 5.57. The third-order valence-corrected chi connectivity index (χ3v) is 5.57. The zero-order chi connectivity index (χ0) is 13.4. The first-order chi connectivity index (χ1) is 8.33. The van der Waals surface area contributed by atoms with Gasteiger partial charge in [-0.15, -0.1) is 0 Å². The van der Waals surface area contributed by atoms with E-state index in [4.69, 9.17) is 0 Å². The topological polar surface area (TPSA) is 12.0 Å². The van der Waals surface area contributed by atoms with Crippen LogP contribution in [0, 0.1) is 22.7 Å². The highest BCUT2D eigenvalue weighted by molar-refractivity contribution is 5.04. The summed E-state index contributed by atoms with van der Waals surface area (Å²) in [5.41, 5.74) is 1.27. The molecule has 0 aromatic rings. The Morgan fingerprint density at radius 1 is 1.17 bits per heavy atom. The first kappa shape index (κ1) is 14.4. The van der Waals surface area contributed by atoms with Crippen molar-refractivity contribution in [2.24, 2.45) is 22.7 Å². The van der Waals surface area contributed by atoms with Gasteiger partial charge in [-0.05, 0) is 61.3 Å². The fourth-order valence-corrected chi connectivity index (χ4v) is 4.01. The van der Waals surface area contributed by atoms with E-state index < -0.39 is 0 Å². The molecule has 3 atom stereocenters. The Morgan fingerprint density at radius 3 is 2.50 bits per heavy atom. The van der Waals surface area contributed by atoms with E-state index in [1.165, 1.54) is 45.1 Å². The lowest BCUT2D eigenvalue weighted by Gasteiger charge is -2.29. The van der Waals surface area contributed by atoms with E-state index in [1.54, 1.807) is 0 Å². The molecule has 0 aliphatic heterocycles. The first-order valence-corrected chi connectivity index (χ1v) is 8.07. The van der Waals surface area contributed by atoms with Gasteiger partial charge in [0.25, 0.3) is 0 Å². The lowest BCUT2D eigenvalue weighted by atomic mass is 9.76. The molecule has 3 unspecified atom stereocenters. The van der Waals surface area contributed by atoms with Gasteiger partial charge >= 0.3 is 0 Å². The van der Waals surface area contributed by atoms with E-state index in [-0.39, 0.29) is 0 Å². The summed E-state index contributed by atoms with van der Waals surface area (Å²) in [6.07, 6.45) is 8.92. The van der Waals surface area contributed by atoms with E-state index in [0.717, 1.165) is 17.3 Å². The van der Waals surface area contributed by atoms with Crippen LogP contribution in [0.15, 0.2) is 0 Å². The van der Waals surface area contributed by atoms with Crippen molar-refractivity contribution in [1.82, 2.24) is 5.32 Å². The highest BCUT2D eigenvalue weighted by Gasteiger charge is 2.53. The zero-order valence-electron chi connectivity index (χ0n) is 13.2. The summed E-state index contributed by atoms with van der Waals surface area (Å²) in [6.45, 7) is 13.1. The van der Waals surface area contributed by atoms with Crippen LogP contribution in [0.1, 0.15) is 73.1 Å². The molecule has 2 aliphatic carbocycles. The summed E-state index contributed by atoms with van der Waals surface area (Å²) in [6, 6.07) is 0.649. The van der Waals surface area contributed by atoms with Crippen molar-refractivity contribution in [2.75, 3.05) is 6.54 Å². The molecule has 1 N–H and O–H groups in total. The summed E-state index contributed by atoms with van der Waals surface area (Å²) in [5, 5.41) is 3.64. The average molecular weight is 251 g/mol. The largest absolute Gasteiger partial charge is 0.314 e. The van der Waals surface area contributed by atoms with Crippen molar-refractivity contribution in [3.8, 4) is 0 Å². The van der Waals surface area contributed by atoms with Crippen LogP contribution in [0.5, 0.6) is 0 Å². The Kier molecular flexibility index (Phi) is 4.11. The number of nitrogens with one attached hydrogen (secondary N) is 1. The summed E-state index contributed by atoms with van der Waals surface area (Å²) in [4.78, 5) is 0. The molecular weight excluding hydrogens is 218 g/mol. The van der Waals surface area contributed by atoms with Crippen LogP contribution < -0.4 is 5.32 Å². The summed E-state index contributed by atoms with van der Waals surface area (Å²) >= 11 is 0. The maximum Gasteiger partial charge on any atom is 0.00104 e. The van der Waals surface area contributed by atoms with Gasteiger partial charge in [0.05, 0.1) is 0 Å². The van der Waals surface area contributed by atoms with E-state index in [2.05, 4.69) is 39.9 Å². The number of hydrogen-bond acceptors (Lipinski definition) is 1. The SMILES string of the molecule is CC(C)NCC1CC12CCCC(C(C)(C)C)CC2. The lowest BCUT2D eigenvalue weighted by molar-refractivity contribution is 0.211. The fraction of sp³-hybridized carbons (Fsp3) is 1.00. The van der Waals surface area contributed by atoms with Crippen molar-refractivity contribution in [3.63, 3.8) is 0 Å². The predicted octanol–water partition coefficient (Wildman–Crippen LogP) is 4.62. The molecule has 1 nitrogen and oxygen atoms in total. The maximum atomic E-state index is 3.64. The van der Waals surface area contributed by atoms with Crippen molar-refractivity contribution < 1.29 is 0 Å². The normalized spacial score (nSPS) is 37.0. The molecule has 0 saturated heterocycles. The van der Waals surface area contributed by atoms with Gasteiger partial charge in [-0.3, -0.25) is 0 Å². The van der Waals surface area contributed by atoms with Gasteiger partial charge in [0.2, 0.25) is 0 Å². The summed E-state index contributed by atoms with van der Waals surface area (Å²) in [5.74, 6) is 1.94. The van der Waals surface area contributed by atoms with Crippen LogP contribution in [-0.2, 0) is 0 Å². The second kappa shape index (κ2) is 5.15. The molecule has 0 bridgehead atoms. The monoisotopic (exact) mass is 251 g/mol. The molecule has 0 aromatic heterocycles. The molecule has 2 rings (SSSR count). The maximum absolute atomic E-state index is 3.64. The molecular formula is C17H33N. The van der Waals surface area contributed by atoms with E-state index in [9.17, 15) is 0 Å². The van der Waals surface area contributed by atoms with E-state index in [0.29, 0.717) is 11.5 Å². The second-order valence-electron chi connectivity index (χ2n) is 8.32. The molecule has 0 amide bonds. The first-order valence-electron chi connectivity index (χ1n) is 8.07. The van der Waals surface area contributed by atoms with Gasteiger partial charge in [0.1, 0.15) is 0 Å². The van der Waals surface area contributed by atoms with Gasteiger partial charge in [-0.2, -0.15) is 0 Å². The van der Waals surface area contributed by atoms with Crippen molar-refractivity contribution in [2.45, 2.75) is 79.2 Å². The Hall–Kier alpha value is -0.0400. The van der Waals surface area contributed by atoms with Gasteiger partial charge in [0.15, 0.2) is 0 Å². The quantitative estimate of drug-likeness (QED) is 0.772. The van der Waals surface area contributed by atoms with Crippen LogP contribution >= 0.6 is 0 Å². The van der Waals surface area contributed by atoms with Crippen LogP contribution in [0.2, 0.25) is 0 Å². The van der Waals surface area contributed by atoms with Crippen LogP contribution in [0.25, 0.3) is 0 Å². The van der Waals surface area contributed by atoms with Crippen LogP contribution in [-0.4, -0.2) is 12.6 Å². The standard InChI is InChI=1S/C17H33N/c1-13(2)18-12-15-11-17(15)9-6-7-14(8-10-17)16(3,4)5/h13-15,18H,6-12H2,1-5H3. The van der Waals surface area contributed by atoms with Gasteiger partial charge < -0.3 is 5.32 Å². The molecule has 1 heteroatoms. The predicted molar refractivity (Wildman–Crippen MR) is 79.7 cm³/mol. The van der Waals surface area contributed by atoms with Gasteiger partial charge in [-0.25, -0.2) is 0 Å². The Balaban J connectivity index is 1.84. The molecule has 2 fully saturated rings. The Morgan fingerprint density at radius 2 is 1.89 bits per heavy atom. The third kappa shape index (κ3) is 3.29. The van der Waals surface area contributed by atoms with E-state index in [1.807, 2.05) is 0 Å². The van der Waals surface area contributed by atoms with E-state index >= 15 is 0 Å². The van der Waals surface area contributed by atoms with Crippen molar-refractivity contribution >= 4 is 0 Å². The lowest BCUT2D eigenvalue weighted by Crippen LogP contribution is -2.26. The summed E-state index contributed by atoms with van der Waals surface area (Å²) in [7, 11) is 0. The molecule has 1 spiro atoms. The molecule has 18 heavy (non-hydrogen) atoms. The van der Waals surface area contributed by atoms with Crippen molar-refractivity contribution in [3.05, 3.63) is 0 Å². The highest BCUT2D eigenvalue weighted by atomic mass is 14.9. The zero-order valence-corrected chi connectivity index (χ0v) is 13.2. The van der Waals surface area contributed by atoms with Gasteiger partial charge in [-0.1, -0.05) is 41.0 Å². The smallest absolute Gasteiger partial charge is 0.00104 e. The minimum absolute atomic E-state index is 0.520. The van der Waals surface area contributed by atoms with Crippen molar-refractivity contribution in [1.29, 1.82) is 0 Å². The van der Waals surface area contributed by atoms with Crippen LogP contribution in [0.4, 0.5) is 0 Å². The highest BCUT2D eigenvalue weighted by Crippen LogP contribution is 2.61. The fourth-order valence-electron chi connectivity index (χ4n) is 4.01. The van der Waals surface area contributed by atoms with Gasteiger partial charge in [0, 0.05) is 6.04 Å². The molecule has 2 aliphatic rings. The molecule has 106 valence electrons. The molecule has 0 aromatic carbocycles. The average Bonchev–Trinajstić information content (AvgIpc) is 2.97. The number of rotatable bonds is 3. The second-order valence-corrected chi connectivity index (χ2v) is 8.32. The minimum Gasteiger partial charge on any atom is -0.314 e. The number of hydrogen-bond donors (Lipinski definition) is 1.